The molecule has 2 rings (SSSR count). The van der Waals surface area contributed by atoms with Gasteiger partial charge in [-0.1, -0.05) is 35.0 Å². The van der Waals surface area contributed by atoms with Crippen molar-refractivity contribution in [1.29, 1.82) is 0 Å². The van der Waals surface area contributed by atoms with Crippen molar-refractivity contribution >= 4 is 17.5 Å². The fraction of sp³-hybridized carbons (Fsp3) is 0.250. The average molecular weight is 281 g/mol. The predicted molar refractivity (Wildman–Crippen MR) is 69.2 cm³/mol. The molecule has 0 saturated carbocycles. The lowest BCUT2D eigenvalue weighted by atomic mass is 10.2. The average Bonchev–Trinajstić information content (AvgIpc) is 2.85. The molecule has 0 aliphatic heterocycles. The quantitative estimate of drug-likeness (QED) is 0.847. The molecule has 0 fully saturated rings. The monoisotopic (exact) mass is 280 g/mol. The number of nitrogens with one attached hydrogen (secondary N) is 1. The maximum atomic E-state index is 11.7. The third-order valence-corrected chi connectivity index (χ3v) is 2.86. The highest BCUT2D eigenvalue weighted by molar-refractivity contribution is 6.31. The van der Waals surface area contributed by atoms with E-state index in [4.69, 9.17) is 16.7 Å². The van der Waals surface area contributed by atoms with Gasteiger partial charge in [-0.05, 0) is 11.6 Å². The molecular weight excluding hydrogens is 268 g/mol. The lowest BCUT2D eigenvalue weighted by Crippen LogP contribution is -2.27. The Morgan fingerprint density at radius 2 is 2.21 bits per heavy atom. The van der Waals surface area contributed by atoms with Gasteiger partial charge in [-0.25, -0.2) is 4.68 Å². The summed E-state index contributed by atoms with van der Waals surface area (Å²) in [6.07, 6.45) is 1.52. The van der Waals surface area contributed by atoms with Crippen LogP contribution in [0.5, 0.6) is 0 Å². The van der Waals surface area contributed by atoms with E-state index in [9.17, 15) is 4.79 Å². The van der Waals surface area contributed by atoms with Crippen molar-refractivity contribution in [2.24, 2.45) is 0 Å². The molecule has 0 aliphatic rings. The molecule has 1 heterocycles. The third kappa shape index (κ3) is 3.77. The van der Waals surface area contributed by atoms with Crippen LogP contribution in [0.25, 0.3) is 0 Å². The molecule has 2 aromatic rings. The lowest BCUT2D eigenvalue weighted by molar-refractivity contribution is -0.122. The molecule has 1 amide bonds. The van der Waals surface area contributed by atoms with E-state index >= 15 is 0 Å². The Balaban J connectivity index is 1.86. The molecule has 0 atom stereocenters. The topological polar surface area (TPSA) is 80.0 Å². The zero-order valence-electron chi connectivity index (χ0n) is 10.1. The minimum atomic E-state index is -0.200. The van der Waals surface area contributed by atoms with Crippen LogP contribution in [0.1, 0.15) is 11.3 Å². The second-order valence-electron chi connectivity index (χ2n) is 3.93. The summed E-state index contributed by atoms with van der Waals surface area (Å²) in [5.41, 5.74) is 1.28. The standard InChI is InChI=1S/C12H13ClN4O2/c13-11-4-2-1-3-9(11)5-14-12(19)7-17-6-10(8-18)15-16-17/h1-4,6,18H,5,7-8H2,(H,14,19). The number of nitrogens with zero attached hydrogens (tertiary/aromatic N) is 3. The highest BCUT2D eigenvalue weighted by Gasteiger charge is 2.06. The number of halogens is 1. The number of amides is 1. The summed E-state index contributed by atoms with van der Waals surface area (Å²) in [6, 6.07) is 7.31. The fourth-order valence-corrected chi connectivity index (χ4v) is 1.73. The molecule has 0 spiro atoms. The summed E-state index contributed by atoms with van der Waals surface area (Å²) in [5.74, 6) is -0.200. The van der Waals surface area contributed by atoms with Gasteiger partial charge in [-0.15, -0.1) is 5.10 Å². The van der Waals surface area contributed by atoms with Gasteiger partial charge in [-0.2, -0.15) is 0 Å². The second-order valence-corrected chi connectivity index (χ2v) is 4.34. The van der Waals surface area contributed by atoms with Crippen molar-refractivity contribution in [3.8, 4) is 0 Å². The number of carbonyl (C=O) groups excluding carboxylic acids is 1. The van der Waals surface area contributed by atoms with Crippen LogP contribution in [0, 0.1) is 0 Å². The Labute approximate surface area is 115 Å². The molecule has 0 saturated heterocycles. The molecule has 0 bridgehead atoms. The number of hydrogen-bond acceptors (Lipinski definition) is 4. The Morgan fingerprint density at radius 3 is 2.89 bits per heavy atom. The largest absolute Gasteiger partial charge is 0.390 e. The van der Waals surface area contributed by atoms with Crippen LogP contribution in [0.4, 0.5) is 0 Å². The summed E-state index contributed by atoms with van der Waals surface area (Å²) in [5, 5.41) is 19.6. The summed E-state index contributed by atoms with van der Waals surface area (Å²) >= 11 is 5.98. The van der Waals surface area contributed by atoms with Crippen molar-refractivity contribution in [3.63, 3.8) is 0 Å². The molecule has 0 unspecified atom stereocenters. The number of aliphatic hydroxyl groups is 1. The zero-order valence-corrected chi connectivity index (χ0v) is 10.8. The molecule has 0 aliphatic carbocycles. The normalized spacial score (nSPS) is 10.4. The van der Waals surface area contributed by atoms with Gasteiger partial charge in [0.2, 0.25) is 5.91 Å². The molecule has 19 heavy (non-hydrogen) atoms. The molecule has 6 nitrogen and oxygen atoms in total. The molecular formula is C12H13ClN4O2. The Morgan fingerprint density at radius 1 is 1.42 bits per heavy atom. The highest BCUT2D eigenvalue weighted by Crippen LogP contribution is 2.14. The summed E-state index contributed by atoms with van der Waals surface area (Å²) in [4.78, 5) is 11.7. The smallest absolute Gasteiger partial charge is 0.242 e. The van der Waals surface area contributed by atoms with Crippen LogP contribution in [-0.4, -0.2) is 26.0 Å². The fourth-order valence-electron chi connectivity index (χ4n) is 1.53. The lowest BCUT2D eigenvalue weighted by Gasteiger charge is -2.06. The number of carbonyl (C=O) groups is 1. The van der Waals surface area contributed by atoms with Crippen LogP contribution < -0.4 is 5.32 Å². The van der Waals surface area contributed by atoms with E-state index in [0.717, 1.165) is 5.56 Å². The molecule has 1 aromatic heterocycles. The number of hydrogen-bond donors (Lipinski definition) is 2. The summed E-state index contributed by atoms with van der Waals surface area (Å²) < 4.78 is 1.37. The van der Waals surface area contributed by atoms with Crippen LogP contribution in [0.3, 0.4) is 0 Å². The Bertz CT molecular complexity index is 570. The Kier molecular flexibility index (Phi) is 4.48. The highest BCUT2D eigenvalue weighted by atomic mass is 35.5. The number of benzene rings is 1. The summed E-state index contributed by atoms with van der Waals surface area (Å²) in [6.45, 7) is 0.221. The van der Waals surface area contributed by atoms with Gasteiger partial charge in [0, 0.05) is 11.6 Å². The van der Waals surface area contributed by atoms with Gasteiger partial charge in [0.25, 0.3) is 0 Å². The van der Waals surface area contributed by atoms with E-state index in [1.54, 1.807) is 6.07 Å². The van der Waals surface area contributed by atoms with Crippen LogP contribution in [-0.2, 0) is 24.5 Å². The third-order valence-electron chi connectivity index (χ3n) is 2.49. The van der Waals surface area contributed by atoms with Crippen molar-refractivity contribution in [2.45, 2.75) is 19.7 Å². The van der Waals surface area contributed by atoms with E-state index in [-0.39, 0.29) is 19.1 Å². The number of aliphatic hydroxyl groups excluding tert-OH is 1. The van der Waals surface area contributed by atoms with E-state index in [0.29, 0.717) is 17.3 Å². The maximum absolute atomic E-state index is 11.7. The van der Waals surface area contributed by atoms with E-state index in [1.165, 1.54) is 10.9 Å². The van der Waals surface area contributed by atoms with E-state index in [2.05, 4.69) is 15.6 Å². The maximum Gasteiger partial charge on any atom is 0.242 e. The predicted octanol–water partition coefficient (Wildman–Crippen LogP) is 0.740. The van der Waals surface area contributed by atoms with Gasteiger partial charge in [0.1, 0.15) is 12.2 Å². The van der Waals surface area contributed by atoms with Gasteiger partial charge in [-0.3, -0.25) is 4.79 Å². The zero-order chi connectivity index (χ0) is 13.7. The Hall–Kier alpha value is -1.92. The molecule has 0 radical (unpaired) electrons. The van der Waals surface area contributed by atoms with Crippen molar-refractivity contribution in [3.05, 3.63) is 46.7 Å². The minimum absolute atomic E-state index is 0.0530. The van der Waals surface area contributed by atoms with Crippen LogP contribution in [0.15, 0.2) is 30.5 Å². The molecule has 1 aromatic carbocycles. The van der Waals surface area contributed by atoms with Gasteiger partial charge in [0.05, 0.1) is 12.8 Å². The molecule has 7 heteroatoms. The first-order valence-electron chi connectivity index (χ1n) is 5.69. The SMILES string of the molecule is O=C(Cn1cc(CO)nn1)NCc1ccccc1Cl. The van der Waals surface area contributed by atoms with Crippen molar-refractivity contribution in [2.75, 3.05) is 0 Å². The van der Waals surface area contributed by atoms with Gasteiger partial charge < -0.3 is 10.4 Å². The van der Waals surface area contributed by atoms with E-state index < -0.39 is 0 Å². The molecule has 100 valence electrons. The second kappa shape index (κ2) is 6.31. The molecule has 2 N–H and O–H groups in total. The first-order valence-corrected chi connectivity index (χ1v) is 6.07. The number of rotatable bonds is 5. The first kappa shape index (κ1) is 13.5. The minimum Gasteiger partial charge on any atom is -0.390 e. The van der Waals surface area contributed by atoms with Gasteiger partial charge in [0.15, 0.2) is 0 Å². The van der Waals surface area contributed by atoms with Crippen LogP contribution >= 0.6 is 11.6 Å². The van der Waals surface area contributed by atoms with E-state index in [1.807, 2.05) is 18.2 Å². The van der Waals surface area contributed by atoms with Crippen molar-refractivity contribution in [1.82, 2.24) is 20.3 Å². The van der Waals surface area contributed by atoms with Gasteiger partial charge >= 0.3 is 0 Å². The number of aromatic nitrogens is 3. The van der Waals surface area contributed by atoms with Crippen LogP contribution in [0.2, 0.25) is 5.02 Å². The summed E-state index contributed by atoms with van der Waals surface area (Å²) in [7, 11) is 0. The first-order chi connectivity index (χ1) is 9.19. The van der Waals surface area contributed by atoms with Crippen molar-refractivity contribution < 1.29 is 9.90 Å².